The van der Waals surface area contributed by atoms with Crippen molar-refractivity contribution in [2.45, 2.75) is 18.7 Å². The average Bonchev–Trinajstić information content (AvgIpc) is 2.09. The van der Waals surface area contributed by atoms with Crippen LogP contribution in [0.5, 0.6) is 0 Å². The minimum atomic E-state index is -2.81. The van der Waals surface area contributed by atoms with Gasteiger partial charge in [-0.15, -0.1) is 0 Å². The Morgan fingerprint density at radius 2 is 2.07 bits per heavy atom. The molecule has 1 atom stereocenters. The molecule has 2 N–H and O–H groups in total. The highest BCUT2D eigenvalue weighted by atomic mass is 32.2. The molecule has 4 heteroatoms. The molecule has 1 aromatic rings. The summed E-state index contributed by atoms with van der Waals surface area (Å²) in [5, 5.41) is 8.72. The van der Waals surface area contributed by atoms with Crippen LogP contribution in [0, 0.1) is 18.6 Å². The highest BCUT2D eigenvalue weighted by Gasteiger charge is 2.12. The van der Waals surface area contributed by atoms with E-state index in [-0.39, 0.29) is 12.4 Å². The van der Waals surface area contributed by atoms with Gasteiger partial charge in [0.2, 0.25) is 0 Å². The molecule has 0 radical (unpaired) electrons. The van der Waals surface area contributed by atoms with Crippen molar-refractivity contribution in [3.8, 4) is 0 Å². The van der Waals surface area contributed by atoms with Crippen molar-refractivity contribution in [1.82, 2.24) is 0 Å². The van der Waals surface area contributed by atoms with Gasteiger partial charge in [0.05, 0.1) is 27.0 Å². The molecule has 0 fully saturated rings. The molecule has 1 rings (SSSR count). The van der Waals surface area contributed by atoms with E-state index in [2.05, 4.69) is 0 Å². The van der Waals surface area contributed by atoms with Crippen molar-refractivity contribution < 1.29 is 9.32 Å². The molecule has 0 bridgehead atoms. The summed E-state index contributed by atoms with van der Waals surface area (Å²) in [5.41, 5.74) is 1.84. The third-order valence-corrected chi connectivity index (χ3v) is 3.99. The van der Waals surface area contributed by atoms with Crippen LogP contribution in [0.3, 0.4) is 0 Å². The van der Waals surface area contributed by atoms with Crippen molar-refractivity contribution in [2.75, 3.05) is 12.4 Å². The van der Waals surface area contributed by atoms with E-state index in [1.54, 1.807) is 6.07 Å². The zero-order chi connectivity index (χ0) is 10.8. The Bertz CT molecular complexity index is 424. The molecule has 0 aliphatic heterocycles. The third kappa shape index (κ3) is 2.33. The van der Waals surface area contributed by atoms with E-state index in [1.807, 2.05) is 26.0 Å². The second-order valence-corrected chi connectivity index (χ2v) is 5.57. The van der Waals surface area contributed by atoms with Crippen LogP contribution in [-0.4, -0.2) is 21.7 Å². The topological polar surface area (TPSA) is 61.2 Å². The second kappa shape index (κ2) is 4.11. The van der Waals surface area contributed by atoms with Gasteiger partial charge in [-0.25, -0.2) is 8.99 Å². The molecule has 0 aliphatic carbocycles. The standard InChI is InChI=1S/C10H15NO2S/c1-8-3-4-9(2)10(7-8)14(11,13)6-5-12/h3-4,7,11-12H,5-6H2,1-2H3. The Kier molecular flexibility index (Phi) is 3.29. The maximum absolute atomic E-state index is 11.9. The van der Waals surface area contributed by atoms with Gasteiger partial charge in [-0.3, -0.25) is 0 Å². The normalized spacial score (nSPS) is 15.1. The smallest absolute Gasteiger partial charge is 0.0751 e. The summed E-state index contributed by atoms with van der Waals surface area (Å²) in [6.45, 7) is 3.52. The largest absolute Gasteiger partial charge is 0.395 e. The average molecular weight is 213 g/mol. The van der Waals surface area contributed by atoms with Crippen LogP contribution in [0.25, 0.3) is 0 Å². The number of hydrogen-bond acceptors (Lipinski definition) is 3. The van der Waals surface area contributed by atoms with E-state index < -0.39 is 9.73 Å². The Hall–Kier alpha value is -0.870. The summed E-state index contributed by atoms with van der Waals surface area (Å²) in [5.74, 6) is 0.0112. The van der Waals surface area contributed by atoms with Crippen LogP contribution in [0.4, 0.5) is 0 Å². The predicted octanol–water partition coefficient (Wildman–Crippen LogP) is 1.70. The molecule has 0 heterocycles. The zero-order valence-electron chi connectivity index (χ0n) is 8.41. The second-order valence-electron chi connectivity index (χ2n) is 3.37. The van der Waals surface area contributed by atoms with E-state index in [1.165, 1.54) is 0 Å². The SMILES string of the molecule is Cc1ccc(C)c(S(=N)(=O)CCO)c1. The molecule has 3 nitrogen and oxygen atoms in total. The van der Waals surface area contributed by atoms with Crippen molar-refractivity contribution in [2.24, 2.45) is 0 Å². The van der Waals surface area contributed by atoms with Crippen LogP contribution in [0.2, 0.25) is 0 Å². The highest BCUT2D eigenvalue weighted by molar-refractivity contribution is 7.92. The fraction of sp³-hybridized carbons (Fsp3) is 0.400. The molecule has 1 aromatic carbocycles. The van der Waals surface area contributed by atoms with Gasteiger partial charge in [0.1, 0.15) is 0 Å². The molecule has 0 spiro atoms. The molecule has 0 saturated carbocycles. The minimum Gasteiger partial charge on any atom is -0.395 e. The van der Waals surface area contributed by atoms with E-state index in [0.717, 1.165) is 11.1 Å². The molecular weight excluding hydrogens is 198 g/mol. The van der Waals surface area contributed by atoms with Gasteiger partial charge in [-0.05, 0) is 31.0 Å². The molecule has 1 unspecified atom stereocenters. The van der Waals surface area contributed by atoms with Gasteiger partial charge < -0.3 is 5.11 Å². The minimum absolute atomic E-state index is 0.0112. The molecule has 0 aromatic heterocycles. The van der Waals surface area contributed by atoms with E-state index in [9.17, 15) is 4.21 Å². The molecule has 0 saturated heterocycles. The maximum Gasteiger partial charge on any atom is 0.0751 e. The highest BCUT2D eigenvalue weighted by Crippen LogP contribution is 2.18. The lowest BCUT2D eigenvalue weighted by molar-refractivity contribution is 0.321. The molecule has 78 valence electrons. The third-order valence-electron chi connectivity index (χ3n) is 2.08. The zero-order valence-corrected chi connectivity index (χ0v) is 9.23. The lowest BCUT2D eigenvalue weighted by atomic mass is 10.2. The van der Waals surface area contributed by atoms with Gasteiger partial charge in [0, 0.05) is 0 Å². The molecule has 14 heavy (non-hydrogen) atoms. The Labute approximate surface area is 84.8 Å². The lowest BCUT2D eigenvalue weighted by Gasteiger charge is -2.09. The maximum atomic E-state index is 11.9. The molecule has 0 amide bonds. The van der Waals surface area contributed by atoms with Crippen LogP contribution < -0.4 is 0 Å². The molecule has 0 aliphatic rings. The summed E-state index contributed by atoms with van der Waals surface area (Å²) < 4.78 is 19.5. The van der Waals surface area contributed by atoms with Crippen molar-refractivity contribution in [1.29, 1.82) is 4.78 Å². The number of aryl methyl sites for hydroxylation is 2. The first-order valence-corrected chi connectivity index (χ1v) is 6.15. The lowest BCUT2D eigenvalue weighted by Crippen LogP contribution is -2.10. The van der Waals surface area contributed by atoms with Gasteiger partial charge in [-0.2, -0.15) is 0 Å². The Morgan fingerprint density at radius 3 is 2.64 bits per heavy atom. The van der Waals surface area contributed by atoms with E-state index >= 15 is 0 Å². The van der Waals surface area contributed by atoms with Gasteiger partial charge in [0.15, 0.2) is 0 Å². The first-order chi connectivity index (χ1) is 6.47. The van der Waals surface area contributed by atoms with Crippen molar-refractivity contribution in [3.63, 3.8) is 0 Å². The fourth-order valence-corrected chi connectivity index (χ4v) is 2.74. The fourth-order valence-electron chi connectivity index (χ4n) is 1.30. The van der Waals surface area contributed by atoms with E-state index in [4.69, 9.17) is 9.89 Å². The van der Waals surface area contributed by atoms with Crippen LogP contribution in [0.15, 0.2) is 23.1 Å². The van der Waals surface area contributed by atoms with Gasteiger partial charge in [-0.1, -0.05) is 12.1 Å². The van der Waals surface area contributed by atoms with Crippen LogP contribution in [0.1, 0.15) is 11.1 Å². The van der Waals surface area contributed by atoms with E-state index in [0.29, 0.717) is 4.90 Å². The monoisotopic (exact) mass is 213 g/mol. The molecular formula is C10H15NO2S. The van der Waals surface area contributed by atoms with Crippen LogP contribution >= 0.6 is 0 Å². The number of hydrogen-bond donors (Lipinski definition) is 2. The number of rotatable bonds is 3. The Morgan fingerprint density at radius 1 is 1.43 bits per heavy atom. The Balaban J connectivity index is 3.25. The summed E-state index contributed by atoms with van der Waals surface area (Å²) in [7, 11) is -2.81. The summed E-state index contributed by atoms with van der Waals surface area (Å²) >= 11 is 0. The van der Waals surface area contributed by atoms with Crippen LogP contribution in [-0.2, 0) is 9.73 Å². The summed E-state index contributed by atoms with van der Waals surface area (Å²) in [6, 6.07) is 5.55. The number of benzene rings is 1. The summed E-state index contributed by atoms with van der Waals surface area (Å²) in [4.78, 5) is 0.548. The number of nitrogens with one attached hydrogen (secondary N) is 1. The van der Waals surface area contributed by atoms with Crippen molar-refractivity contribution in [3.05, 3.63) is 29.3 Å². The first kappa shape index (κ1) is 11.2. The summed E-state index contributed by atoms with van der Waals surface area (Å²) in [6.07, 6.45) is 0. The van der Waals surface area contributed by atoms with Gasteiger partial charge in [0.25, 0.3) is 0 Å². The predicted molar refractivity (Wildman–Crippen MR) is 57.0 cm³/mol. The number of aliphatic hydroxyl groups is 1. The van der Waals surface area contributed by atoms with Gasteiger partial charge >= 0.3 is 0 Å². The first-order valence-electron chi connectivity index (χ1n) is 4.42. The van der Waals surface area contributed by atoms with Crippen molar-refractivity contribution >= 4 is 9.73 Å². The number of aliphatic hydroxyl groups excluding tert-OH is 1. The quantitative estimate of drug-likeness (QED) is 0.802.